The van der Waals surface area contributed by atoms with E-state index in [-0.39, 0.29) is 42.6 Å². The minimum atomic E-state index is -2.91. The summed E-state index contributed by atoms with van der Waals surface area (Å²) in [6, 6.07) is 22.1. The molecule has 7 rings (SSSR count). The summed E-state index contributed by atoms with van der Waals surface area (Å²) < 4.78 is 6.59. The lowest BCUT2D eigenvalue weighted by atomic mass is 9.82. The number of hydrogen-bond donors (Lipinski definition) is 3. The number of ether oxygens (including phenoxy) is 1. The number of hydrogen-bond acceptors (Lipinski definition) is 9. The van der Waals surface area contributed by atoms with Gasteiger partial charge in [-0.3, -0.25) is 24.6 Å². The van der Waals surface area contributed by atoms with Gasteiger partial charge in [-0.1, -0.05) is 37.3 Å². The lowest BCUT2D eigenvalue weighted by Crippen LogP contribution is -2.55. The van der Waals surface area contributed by atoms with Crippen molar-refractivity contribution in [2.45, 2.75) is 68.6 Å². The maximum absolute atomic E-state index is 14.6. The van der Waals surface area contributed by atoms with Crippen molar-refractivity contribution in [3.8, 4) is 0 Å². The van der Waals surface area contributed by atoms with E-state index in [2.05, 4.69) is 10.2 Å². The Balaban J connectivity index is 1.20. The smallest absolute Gasteiger partial charge is 0.269 e. The third-order valence-electron chi connectivity index (χ3n) is 11.1. The largest absolute Gasteiger partial charge is 0.432 e. The third-order valence-corrected chi connectivity index (χ3v) is 13.6. The number of piperidine rings is 1. The second-order valence-corrected chi connectivity index (χ2v) is 18.3. The zero-order valence-electron chi connectivity index (χ0n) is 28.0. The van der Waals surface area contributed by atoms with Crippen LogP contribution < -0.4 is 20.0 Å². The highest BCUT2D eigenvalue weighted by atomic mass is 28.4. The van der Waals surface area contributed by atoms with Crippen molar-refractivity contribution in [3.63, 3.8) is 0 Å². The molecule has 2 amide bonds. The molecule has 4 heterocycles. The van der Waals surface area contributed by atoms with Gasteiger partial charge in [0.15, 0.2) is 13.9 Å². The highest BCUT2D eigenvalue weighted by Gasteiger charge is 2.66. The van der Waals surface area contributed by atoms with Gasteiger partial charge >= 0.3 is 0 Å². The SMILES string of the molecule is C[C@@H]1[C@@H]([Si](C)(C)O)[C@H](CCO)O[C@@]12C(=O)N(Cc1ccc(N3CN(c4ccccc4)C4(CCNCC4)C3=O)cc1)c1ccc([N+](=O)[O-])cc12. The summed E-state index contributed by atoms with van der Waals surface area (Å²) in [5.74, 6) is -0.760. The Labute approximate surface area is 286 Å². The first-order chi connectivity index (χ1) is 23.4. The predicted octanol–water partition coefficient (Wildman–Crippen LogP) is 4.25. The fraction of sp³-hybridized carbons (Fsp3) is 0.444. The Morgan fingerprint density at radius 2 is 1.69 bits per heavy atom. The zero-order chi connectivity index (χ0) is 34.7. The van der Waals surface area contributed by atoms with Crippen LogP contribution in [0.25, 0.3) is 0 Å². The molecule has 0 aromatic heterocycles. The zero-order valence-corrected chi connectivity index (χ0v) is 29.0. The number of anilines is 3. The van der Waals surface area contributed by atoms with E-state index in [4.69, 9.17) is 4.74 Å². The molecule has 4 aliphatic rings. The molecule has 3 fully saturated rings. The minimum absolute atomic E-state index is 0.0764. The molecule has 0 unspecified atom stereocenters. The predicted molar refractivity (Wildman–Crippen MR) is 188 cm³/mol. The second-order valence-electron chi connectivity index (χ2n) is 14.3. The van der Waals surface area contributed by atoms with Crippen LogP contribution in [0, 0.1) is 16.0 Å². The molecule has 4 atom stereocenters. The minimum Gasteiger partial charge on any atom is -0.432 e. The number of para-hydroxylation sites is 1. The second kappa shape index (κ2) is 12.3. The highest BCUT2D eigenvalue weighted by Crippen LogP contribution is 2.60. The summed E-state index contributed by atoms with van der Waals surface area (Å²) in [5.41, 5.74) is 0.832. The van der Waals surface area contributed by atoms with Gasteiger partial charge in [0.25, 0.3) is 17.5 Å². The van der Waals surface area contributed by atoms with E-state index in [0.29, 0.717) is 30.8 Å². The molecule has 0 aliphatic carbocycles. The van der Waals surface area contributed by atoms with Crippen molar-refractivity contribution in [3.05, 3.63) is 94.0 Å². The summed E-state index contributed by atoms with van der Waals surface area (Å²) in [5, 5.41) is 25.1. The first kappa shape index (κ1) is 33.4. The van der Waals surface area contributed by atoms with Crippen LogP contribution in [0.4, 0.5) is 22.7 Å². The maximum atomic E-state index is 14.6. The molecule has 13 heteroatoms. The maximum Gasteiger partial charge on any atom is 0.269 e. The van der Waals surface area contributed by atoms with Crippen molar-refractivity contribution in [2.24, 2.45) is 5.92 Å². The Kier molecular flexibility index (Phi) is 8.39. The molecule has 0 radical (unpaired) electrons. The molecule has 3 aromatic rings. The summed E-state index contributed by atoms with van der Waals surface area (Å²) in [6.45, 7) is 7.41. The van der Waals surface area contributed by atoms with E-state index in [1.54, 1.807) is 24.1 Å². The van der Waals surface area contributed by atoms with Crippen LogP contribution in [0.5, 0.6) is 0 Å². The highest BCUT2D eigenvalue weighted by molar-refractivity contribution is 6.71. The van der Waals surface area contributed by atoms with Gasteiger partial charge in [0.1, 0.15) is 5.54 Å². The van der Waals surface area contributed by atoms with E-state index >= 15 is 0 Å². The fourth-order valence-corrected chi connectivity index (χ4v) is 11.5. The molecule has 3 aromatic carbocycles. The van der Waals surface area contributed by atoms with E-state index in [1.165, 1.54) is 12.1 Å². The van der Waals surface area contributed by atoms with Gasteiger partial charge in [-0.05, 0) is 81.3 Å². The number of carbonyl (C=O) groups is 2. The average Bonchev–Trinajstić information content (AvgIpc) is 3.63. The first-order valence-electron chi connectivity index (χ1n) is 17.0. The molecule has 0 saturated carbocycles. The van der Waals surface area contributed by atoms with E-state index < -0.39 is 36.4 Å². The molecule has 2 spiro atoms. The van der Waals surface area contributed by atoms with E-state index in [1.807, 2.05) is 66.4 Å². The molecule has 49 heavy (non-hydrogen) atoms. The van der Waals surface area contributed by atoms with Crippen molar-refractivity contribution < 1.29 is 29.2 Å². The van der Waals surface area contributed by atoms with Crippen LogP contribution in [-0.4, -0.2) is 73.0 Å². The van der Waals surface area contributed by atoms with Gasteiger partial charge in [0.2, 0.25) is 0 Å². The summed E-state index contributed by atoms with van der Waals surface area (Å²) >= 11 is 0. The number of fused-ring (bicyclic) bond motifs is 2. The lowest BCUT2D eigenvalue weighted by molar-refractivity contribution is -0.385. The number of aliphatic hydroxyl groups excluding tert-OH is 1. The van der Waals surface area contributed by atoms with Gasteiger partial charge in [-0.25, -0.2) is 0 Å². The average molecular weight is 686 g/mol. The molecule has 12 nitrogen and oxygen atoms in total. The standard InChI is InChI=1S/C36H43N5O7Si/c1-24-32(49(2,3)47)31(15-20-42)48-36(24)29-21-28(41(45)46)13-14-30(29)38(34(36)44)22-25-9-11-26(12-10-25)39-23-40(27-7-5-4-6-8-27)35(33(39)43)16-18-37-19-17-35/h4-14,21,24,31-32,37,42,47H,15-20,22-23H2,1-3H3/t24-,31+,32-,36+/m1/s1. The summed E-state index contributed by atoms with van der Waals surface area (Å²) in [6.07, 6.45) is 1.07. The number of carbonyl (C=O) groups excluding carboxylic acids is 2. The van der Waals surface area contributed by atoms with Crippen LogP contribution in [0.3, 0.4) is 0 Å². The Hall–Kier alpha value is -4.14. The van der Waals surface area contributed by atoms with Crippen molar-refractivity contribution in [1.82, 2.24) is 5.32 Å². The Morgan fingerprint density at radius 3 is 2.33 bits per heavy atom. The van der Waals surface area contributed by atoms with Crippen LogP contribution >= 0.6 is 0 Å². The number of benzene rings is 3. The van der Waals surface area contributed by atoms with Crippen LogP contribution in [-0.2, 0) is 26.5 Å². The number of nitro groups is 1. The molecule has 3 N–H and O–H groups in total. The summed E-state index contributed by atoms with van der Waals surface area (Å²) in [4.78, 5) is 57.1. The number of aliphatic hydroxyl groups is 1. The van der Waals surface area contributed by atoms with Crippen LogP contribution in [0.2, 0.25) is 18.6 Å². The topological polar surface area (TPSA) is 149 Å². The van der Waals surface area contributed by atoms with Crippen LogP contribution in [0.15, 0.2) is 72.8 Å². The van der Waals surface area contributed by atoms with Gasteiger partial charge in [-0.2, -0.15) is 0 Å². The quantitative estimate of drug-likeness (QED) is 0.180. The first-order valence-corrected chi connectivity index (χ1v) is 20.0. The Morgan fingerprint density at radius 1 is 1.00 bits per heavy atom. The molecule has 0 bridgehead atoms. The summed E-state index contributed by atoms with van der Waals surface area (Å²) in [7, 11) is -2.91. The number of nitrogens with zero attached hydrogens (tertiary/aromatic N) is 4. The number of nitro benzene ring substituents is 1. The molecular formula is C36H43N5O7Si. The lowest BCUT2D eigenvalue weighted by Gasteiger charge is -2.39. The van der Waals surface area contributed by atoms with Gasteiger partial charge in [0, 0.05) is 47.1 Å². The van der Waals surface area contributed by atoms with E-state index in [0.717, 1.165) is 30.0 Å². The van der Waals surface area contributed by atoms with Gasteiger partial charge in [0.05, 0.1) is 29.9 Å². The number of amides is 2. The molecular weight excluding hydrogens is 643 g/mol. The molecule has 4 aliphatic heterocycles. The van der Waals surface area contributed by atoms with Gasteiger partial charge < -0.3 is 29.8 Å². The van der Waals surface area contributed by atoms with E-state index in [9.17, 15) is 29.6 Å². The Bertz CT molecular complexity index is 1760. The number of nitrogens with one attached hydrogen (secondary N) is 1. The van der Waals surface area contributed by atoms with Crippen molar-refractivity contribution in [1.29, 1.82) is 0 Å². The normalized spacial score (nSPS) is 26.3. The monoisotopic (exact) mass is 685 g/mol. The number of non-ortho nitro benzene ring substituents is 1. The van der Waals surface area contributed by atoms with Crippen molar-refractivity contribution in [2.75, 3.05) is 41.1 Å². The third kappa shape index (κ3) is 5.26. The molecule has 258 valence electrons. The van der Waals surface area contributed by atoms with Crippen LogP contribution in [0.1, 0.15) is 37.3 Å². The fourth-order valence-electron chi connectivity index (χ4n) is 8.86. The van der Waals surface area contributed by atoms with Gasteiger partial charge in [-0.15, -0.1) is 0 Å². The number of rotatable bonds is 8. The van der Waals surface area contributed by atoms with Crippen molar-refractivity contribution >= 4 is 42.9 Å². The molecule has 3 saturated heterocycles.